The molecule has 0 aromatic carbocycles. The second-order valence-electron chi connectivity index (χ2n) is 5.34. The van der Waals surface area contributed by atoms with Crippen LogP contribution in [0.5, 0.6) is 0 Å². The predicted octanol–water partition coefficient (Wildman–Crippen LogP) is 1.12. The van der Waals surface area contributed by atoms with Crippen molar-refractivity contribution < 1.29 is 4.74 Å². The zero-order valence-corrected chi connectivity index (χ0v) is 10.9. The van der Waals surface area contributed by atoms with Gasteiger partial charge in [-0.05, 0) is 37.8 Å². The summed E-state index contributed by atoms with van der Waals surface area (Å²) in [4.78, 5) is 7.10. The molecule has 0 amide bonds. The first-order valence-corrected chi connectivity index (χ1v) is 6.85. The lowest BCUT2D eigenvalue weighted by Gasteiger charge is -2.35. The van der Waals surface area contributed by atoms with Crippen molar-refractivity contribution >= 4 is 5.82 Å². The van der Waals surface area contributed by atoms with E-state index in [1.54, 1.807) is 0 Å². The lowest BCUT2D eigenvalue weighted by molar-refractivity contribution is 0.0273. The van der Waals surface area contributed by atoms with E-state index in [-0.39, 0.29) is 12.1 Å². The summed E-state index contributed by atoms with van der Waals surface area (Å²) in [5.74, 6) is 1.09. The maximum Gasteiger partial charge on any atom is 0.128 e. The van der Waals surface area contributed by atoms with Crippen LogP contribution in [0.1, 0.15) is 24.6 Å². The number of hydrogen-bond donors (Lipinski definition) is 1. The van der Waals surface area contributed by atoms with Gasteiger partial charge in [0, 0.05) is 24.8 Å². The molecule has 0 spiro atoms. The molecule has 4 nitrogen and oxygen atoms in total. The molecule has 0 saturated carbocycles. The van der Waals surface area contributed by atoms with Gasteiger partial charge in [0.2, 0.25) is 0 Å². The van der Waals surface area contributed by atoms with Crippen molar-refractivity contribution in [2.45, 2.75) is 38.3 Å². The normalized spacial score (nSPS) is 25.0. The topological polar surface area (TPSA) is 51.4 Å². The third-order valence-corrected chi connectivity index (χ3v) is 3.92. The molecule has 1 aromatic heterocycles. The van der Waals surface area contributed by atoms with E-state index in [0.717, 1.165) is 31.9 Å². The van der Waals surface area contributed by atoms with Crippen LogP contribution in [-0.2, 0) is 17.6 Å². The quantitative estimate of drug-likeness (QED) is 0.851. The number of fused-ring (bicyclic) bond motifs is 1. The van der Waals surface area contributed by atoms with E-state index in [2.05, 4.69) is 17.0 Å². The molecule has 18 heavy (non-hydrogen) atoms. The molecule has 1 aliphatic carbocycles. The first-order chi connectivity index (χ1) is 8.74. The van der Waals surface area contributed by atoms with Gasteiger partial charge in [0.25, 0.3) is 0 Å². The van der Waals surface area contributed by atoms with E-state index in [0.29, 0.717) is 0 Å². The summed E-state index contributed by atoms with van der Waals surface area (Å²) in [6, 6.07) is 4.46. The van der Waals surface area contributed by atoms with Crippen molar-refractivity contribution in [2.75, 3.05) is 24.6 Å². The van der Waals surface area contributed by atoms with Crippen LogP contribution in [0.3, 0.4) is 0 Å². The second kappa shape index (κ2) is 4.86. The molecule has 2 aliphatic rings. The Labute approximate surface area is 108 Å². The molecule has 2 N–H and O–H groups in total. The van der Waals surface area contributed by atoms with E-state index in [9.17, 15) is 0 Å². The lowest BCUT2D eigenvalue weighted by atomic mass is 10.1. The maximum atomic E-state index is 5.93. The Kier molecular flexibility index (Phi) is 3.22. The van der Waals surface area contributed by atoms with E-state index >= 15 is 0 Å². The summed E-state index contributed by atoms with van der Waals surface area (Å²) >= 11 is 0. The average Bonchev–Trinajstić information content (AvgIpc) is 2.86. The minimum atomic E-state index is 0.0715. The van der Waals surface area contributed by atoms with Crippen LogP contribution >= 0.6 is 0 Å². The summed E-state index contributed by atoms with van der Waals surface area (Å²) in [5, 5.41) is 0. The van der Waals surface area contributed by atoms with Gasteiger partial charge in [-0.2, -0.15) is 0 Å². The number of rotatable bonds is 2. The number of ether oxygens (including phenoxy) is 1. The lowest BCUT2D eigenvalue weighted by Crippen LogP contribution is -2.49. The largest absolute Gasteiger partial charge is 0.373 e. The van der Waals surface area contributed by atoms with Crippen LogP contribution in [0.25, 0.3) is 0 Å². The fraction of sp³-hybridized carbons (Fsp3) is 0.643. The molecular weight excluding hydrogens is 226 g/mol. The number of anilines is 1. The molecule has 0 bridgehead atoms. The van der Waals surface area contributed by atoms with Crippen molar-refractivity contribution in [1.29, 1.82) is 0 Å². The van der Waals surface area contributed by atoms with E-state index in [4.69, 9.17) is 15.5 Å². The van der Waals surface area contributed by atoms with E-state index in [1.807, 2.05) is 6.92 Å². The number of nitrogens with zero attached hydrogens (tertiary/aromatic N) is 2. The predicted molar refractivity (Wildman–Crippen MR) is 71.9 cm³/mol. The van der Waals surface area contributed by atoms with Gasteiger partial charge in [0.05, 0.1) is 12.7 Å². The third kappa shape index (κ3) is 2.22. The Bertz CT molecular complexity index is 433. The Morgan fingerprint density at radius 2 is 2.33 bits per heavy atom. The van der Waals surface area contributed by atoms with Gasteiger partial charge in [0.15, 0.2) is 0 Å². The second-order valence-corrected chi connectivity index (χ2v) is 5.34. The number of aryl methyl sites for hydroxylation is 2. The molecule has 2 unspecified atom stereocenters. The molecular formula is C14H21N3O. The molecule has 98 valence electrons. The summed E-state index contributed by atoms with van der Waals surface area (Å²) in [7, 11) is 0. The minimum absolute atomic E-state index is 0.0715. The number of morpholine rings is 1. The maximum absolute atomic E-state index is 5.93. The standard InChI is InChI=1S/C14H21N3O/c1-10(15)13-9-17(7-8-18-13)14-6-5-11-3-2-4-12(11)16-14/h5-6,10,13H,2-4,7-9,15H2,1H3. The number of aromatic nitrogens is 1. The molecule has 1 saturated heterocycles. The summed E-state index contributed by atoms with van der Waals surface area (Å²) in [6.45, 7) is 4.51. The Morgan fingerprint density at radius 1 is 1.44 bits per heavy atom. The summed E-state index contributed by atoms with van der Waals surface area (Å²) in [6.07, 6.45) is 3.68. The van der Waals surface area contributed by atoms with Crippen molar-refractivity contribution in [3.8, 4) is 0 Å². The number of pyridine rings is 1. The monoisotopic (exact) mass is 247 g/mol. The molecule has 2 heterocycles. The smallest absolute Gasteiger partial charge is 0.128 e. The Morgan fingerprint density at radius 3 is 3.17 bits per heavy atom. The van der Waals surface area contributed by atoms with Crippen molar-refractivity contribution in [3.05, 3.63) is 23.4 Å². The van der Waals surface area contributed by atoms with E-state index in [1.165, 1.54) is 24.1 Å². The highest BCUT2D eigenvalue weighted by atomic mass is 16.5. The molecule has 2 atom stereocenters. The van der Waals surface area contributed by atoms with Crippen LogP contribution < -0.4 is 10.6 Å². The van der Waals surface area contributed by atoms with E-state index < -0.39 is 0 Å². The number of nitrogens with two attached hydrogens (primary N) is 1. The van der Waals surface area contributed by atoms with Crippen molar-refractivity contribution in [2.24, 2.45) is 5.73 Å². The van der Waals surface area contributed by atoms with Gasteiger partial charge in [-0.1, -0.05) is 6.07 Å². The first-order valence-electron chi connectivity index (χ1n) is 6.85. The van der Waals surface area contributed by atoms with Crippen molar-refractivity contribution in [1.82, 2.24) is 4.98 Å². The molecule has 1 aliphatic heterocycles. The number of hydrogen-bond acceptors (Lipinski definition) is 4. The Balaban J connectivity index is 1.78. The molecule has 1 aromatic rings. The molecule has 1 fully saturated rings. The van der Waals surface area contributed by atoms with Gasteiger partial charge in [-0.15, -0.1) is 0 Å². The van der Waals surface area contributed by atoms with Crippen LogP contribution in [0, 0.1) is 0 Å². The van der Waals surface area contributed by atoms with Gasteiger partial charge in [0.1, 0.15) is 5.82 Å². The fourth-order valence-electron chi connectivity index (χ4n) is 2.79. The minimum Gasteiger partial charge on any atom is -0.373 e. The highest BCUT2D eigenvalue weighted by Crippen LogP contribution is 2.24. The van der Waals surface area contributed by atoms with Crippen LogP contribution in [0.4, 0.5) is 5.82 Å². The molecule has 0 radical (unpaired) electrons. The van der Waals surface area contributed by atoms with Crippen LogP contribution in [0.15, 0.2) is 12.1 Å². The fourth-order valence-corrected chi connectivity index (χ4v) is 2.79. The van der Waals surface area contributed by atoms with Gasteiger partial charge >= 0.3 is 0 Å². The average molecular weight is 247 g/mol. The van der Waals surface area contributed by atoms with Gasteiger partial charge < -0.3 is 15.4 Å². The van der Waals surface area contributed by atoms with Crippen LogP contribution in [0.2, 0.25) is 0 Å². The Hall–Kier alpha value is -1.13. The zero-order chi connectivity index (χ0) is 12.5. The summed E-state index contributed by atoms with van der Waals surface area (Å²) in [5.41, 5.74) is 8.64. The van der Waals surface area contributed by atoms with Gasteiger partial charge in [-0.3, -0.25) is 0 Å². The van der Waals surface area contributed by atoms with Crippen LogP contribution in [-0.4, -0.2) is 36.8 Å². The van der Waals surface area contributed by atoms with Gasteiger partial charge in [-0.25, -0.2) is 4.98 Å². The molecule has 3 rings (SSSR count). The highest BCUT2D eigenvalue weighted by Gasteiger charge is 2.25. The SMILES string of the molecule is CC(N)C1CN(c2ccc3c(n2)CCC3)CCO1. The summed E-state index contributed by atoms with van der Waals surface area (Å²) < 4.78 is 5.69. The molecule has 4 heteroatoms. The zero-order valence-electron chi connectivity index (χ0n) is 10.9. The highest BCUT2D eigenvalue weighted by molar-refractivity contribution is 5.43. The van der Waals surface area contributed by atoms with Crippen molar-refractivity contribution in [3.63, 3.8) is 0 Å². The first kappa shape index (κ1) is 11.9. The third-order valence-electron chi connectivity index (χ3n) is 3.92.